The zero-order valence-corrected chi connectivity index (χ0v) is 13.0. The minimum absolute atomic E-state index is 1.12. The maximum atomic E-state index is 4.42. The molecule has 2 aromatic rings. The van der Waals surface area contributed by atoms with Crippen LogP contribution < -0.4 is 0 Å². The number of rotatable bonds is 8. The van der Waals surface area contributed by atoms with Gasteiger partial charge >= 0.3 is 0 Å². The van der Waals surface area contributed by atoms with Gasteiger partial charge in [-0.2, -0.15) is 0 Å². The molecule has 20 heavy (non-hydrogen) atoms. The molecule has 0 saturated heterocycles. The van der Waals surface area contributed by atoms with Crippen LogP contribution >= 0.6 is 0 Å². The van der Waals surface area contributed by atoms with Gasteiger partial charge in [0.25, 0.3) is 0 Å². The molecule has 108 valence electrons. The van der Waals surface area contributed by atoms with Crippen LogP contribution in [0.2, 0.25) is 0 Å². The molecular formula is C19H27N. The third-order valence-electron chi connectivity index (χ3n) is 4.09. The molecule has 0 atom stereocenters. The van der Waals surface area contributed by atoms with Crippen molar-refractivity contribution in [2.24, 2.45) is 0 Å². The number of aryl methyl sites for hydroxylation is 2. The van der Waals surface area contributed by atoms with E-state index < -0.39 is 0 Å². The van der Waals surface area contributed by atoms with Gasteiger partial charge in [-0.3, -0.25) is 4.98 Å². The van der Waals surface area contributed by atoms with Crippen molar-refractivity contribution in [1.29, 1.82) is 0 Å². The van der Waals surface area contributed by atoms with Crippen molar-refractivity contribution in [1.82, 2.24) is 4.98 Å². The van der Waals surface area contributed by atoms with Crippen LogP contribution in [0.25, 0.3) is 10.9 Å². The Bertz CT molecular complexity index is 530. The number of aromatic nitrogens is 1. The number of hydrogen-bond donors (Lipinski definition) is 0. The smallest absolute Gasteiger partial charge is 0.0704 e. The van der Waals surface area contributed by atoms with Crippen molar-refractivity contribution >= 4 is 10.9 Å². The quantitative estimate of drug-likeness (QED) is 0.549. The van der Waals surface area contributed by atoms with E-state index in [4.69, 9.17) is 0 Å². The first-order chi connectivity index (χ1) is 9.81. The number of pyridine rings is 1. The normalized spacial score (nSPS) is 11.1. The summed E-state index contributed by atoms with van der Waals surface area (Å²) in [6.45, 7) is 4.44. The predicted octanol–water partition coefficient (Wildman–Crippen LogP) is 5.84. The summed E-state index contributed by atoms with van der Waals surface area (Å²) < 4.78 is 0. The maximum absolute atomic E-state index is 4.42. The summed E-state index contributed by atoms with van der Waals surface area (Å²) in [7, 11) is 0. The molecular weight excluding hydrogens is 242 g/mol. The Balaban J connectivity index is 1.80. The number of unbranched alkanes of at least 4 members (excludes halogenated alkanes) is 6. The third-order valence-corrected chi connectivity index (χ3v) is 4.09. The highest BCUT2D eigenvalue weighted by Gasteiger charge is 2.00. The van der Waals surface area contributed by atoms with E-state index >= 15 is 0 Å². The Morgan fingerprint density at radius 3 is 2.45 bits per heavy atom. The molecule has 1 aromatic carbocycles. The topological polar surface area (TPSA) is 12.9 Å². The highest BCUT2D eigenvalue weighted by Crippen LogP contribution is 2.19. The van der Waals surface area contributed by atoms with Gasteiger partial charge in [0.1, 0.15) is 0 Å². The van der Waals surface area contributed by atoms with Crippen molar-refractivity contribution in [3.05, 3.63) is 41.6 Å². The van der Waals surface area contributed by atoms with Crippen molar-refractivity contribution < 1.29 is 0 Å². The Morgan fingerprint density at radius 2 is 1.65 bits per heavy atom. The highest BCUT2D eigenvalue weighted by molar-refractivity contribution is 5.82. The molecule has 1 heteroatoms. The summed E-state index contributed by atoms with van der Waals surface area (Å²) in [5, 5.41) is 1.31. The fourth-order valence-corrected chi connectivity index (χ4v) is 2.77. The summed E-state index contributed by atoms with van der Waals surface area (Å²) in [4.78, 5) is 4.42. The van der Waals surface area contributed by atoms with Crippen molar-refractivity contribution in [2.75, 3.05) is 0 Å². The summed E-state index contributed by atoms with van der Waals surface area (Å²) in [5.74, 6) is 0. The lowest BCUT2D eigenvalue weighted by Gasteiger charge is -2.06. The average molecular weight is 269 g/mol. The van der Waals surface area contributed by atoms with Crippen LogP contribution in [-0.4, -0.2) is 4.98 Å². The maximum Gasteiger partial charge on any atom is 0.0704 e. The van der Waals surface area contributed by atoms with E-state index in [2.05, 4.69) is 43.1 Å². The number of fused-ring (bicyclic) bond motifs is 1. The minimum atomic E-state index is 1.12. The number of benzene rings is 1. The fourth-order valence-electron chi connectivity index (χ4n) is 2.77. The molecule has 0 fully saturated rings. The van der Waals surface area contributed by atoms with Crippen LogP contribution in [-0.2, 0) is 6.42 Å². The number of nitrogens with zero attached hydrogens (tertiary/aromatic N) is 1. The van der Waals surface area contributed by atoms with E-state index in [1.165, 1.54) is 67.9 Å². The lowest BCUT2D eigenvalue weighted by Crippen LogP contribution is -1.89. The molecule has 0 saturated carbocycles. The van der Waals surface area contributed by atoms with E-state index in [0.717, 1.165) is 5.52 Å². The summed E-state index contributed by atoms with van der Waals surface area (Å²) >= 11 is 0. The highest BCUT2D eigenvalue weighted by atomic mass is 14.6. The van der Waals surface area contributed by atoms with E-state index in [0.29, 0.717) is 0 Å². The standard InChI is InChI=1S/C19H27N/c1-3-4-5-6-7-8-9-10-17-11-12-19-18(15-17)16(2)13-14-20-19/h11-15H,3-10H2,1-2H3. The number of hydrogen-bond acceptors (Lipinski definition) is 1. The zero-order chi connectivity index (χ0) is 14.2. The molecule has 0 bridgehead atoms. The van der Waals surface area contributed by atoms with Gasteiger partial charge in [0.2, 0.25) is 0 Å². The van der Waals surface area contributed by atoms with Crippen molar-refractivity contribution in [3.63, 3.8) is 0 Å². The lowest BCUT2D eigenvalue weighted by molar-refractivity contribution is 0.589. The predicted molar refractivity (Wildman–Crippen MR) is 88.2 cm³/mol. The Kier molecular flexibility index (Phi) is 6.04. The monoisotopic (exact) mass is 269 g/mol. The van der Waals surface area contributed by atoms with Crippen molar-refractivity contribution in [2.45, 2.75) is 65.2 Å². The van der Waals surface area contributed by atoms with E-state index in [1.807, 2.05) is 6.20 Å². The fraction of sp³-hybridized carbons (Fsp3) is 0.526. The first kappa shape index (κ1) is 15.0. The molecule has 1 nitrogen and oxygen atoms in total. The SMILES string of the molecule is CCCCCCCCCc1ccc2nccc(C)c2c1. The van der Waals surface area contributed by atoms with Gasteiger partial charge in [-0.05, 0) is 49.1 Å². The van der Waals surface area contributed by atoms with E-state index in [9.17, 15) is 0 Å². The summed E-state index contributed by atoms with van der Waals surface area (Å²) in [5.41, 5.74) is 3.91. The second kappa shape index (κ2) is 8.04. The van der Waals surface area contributed by atoms with Crippen LogP contribution in [0.3, 0.4) is 0 Å². The largest absolute Gasteiger partial charge is 0.256 e. The molecule has 0 N–H and O–H groups in total. The van der Waals surface area contributed by atoms with Gasteiger partial charge in [-0.25, -0.2) is 0 Å². The summed E-state index contributed by atoms with van der Waals surface area (Å²) in [6.07, 6.45) is 12.7. The van der Waals surface area contributed by atoms with Crippen LogP contribution in [0.4, 0.5) is 0 Å². The van der Waals surface area contributed by atoms with Crippen LogP contribution in [0.5, 0.6) is 0 Å². The van der Waals surface area contributed by atoms with Gasteiger partial charge in [0, 0.05) is 11.6 Å². The lowest BCUT2D eigenvalue weighted by atomic mass is 10.0. The van der Waals surface area contributed by atoms with Crippen LogP contribution in [0.15, 0.2) is 30.5 Å². The van der Waals surface area contributed by atoms with Gasteiger partial charge in [-0.1, -0.05) is 51.5 Å². The van der Waals surface area contributed by atoms with E-state index in [1.54, 1.807) is 0 Å². The Labute approximate surface area is 123 Å². The first-order valence-electron chi connectivity index (χ1n) is 8.15. The molecule has 0 aliphatic carbocycles. The molecule has 0 aliphatic rings. The van der Waals surface area contributed by atoms with Crippen LogP contribution in [0.1, 0.15) is 63.0 Å². The molecule has 0 unspecified atom stereocenters. The molecule has 1 aromatic heterocycles. The molecule has 0 amide bonds. The molecule has 2 rings (SSSR count). The molecule has 0 spiro atoms. The van der Waals surface area contributed by atoms with Crippen molar-refractivity contribution in [3.8, 4) is 0 Å². The minimum Gasteiger partial charge on any atom is -0.256 e. The summed E-state index contributed by atoms with van der Waals surface area (Å²) in [6, 6.07) is 8.83. The second-order valence-electron chi connectivity index (χ2n) is 5.85. The van der Waals surface area contributed by atoms with Gasteiger partial charge in [0.05, 0.1) is 5.52 Å². The molecule has 0 aliphatic heterocycles. The Morgan fingerprint density at radius 1 is 0.900 bits per heavy atom. The third kappa shape index (κ3) is 4.33. The van der Waals surface area contributed by atoms with Gasteiger partial charge < -0.3 is 0 Å². The second-order valence-corrected chi connectivity index (χ2v) is 5.85. The Hall–Kier alpha value is -1.37. The molecule has 0 radical (unpaired) electrons. The van der Waals surface area contributed by atoms with Gasteiger partial charge in [-0.15, -0.1) is 0 Å². The first-order valence-corrected chi connectivity index (χ1v) is 8.15. The average Bonchev–Trinajstić information content (AvgIpc) is 2.47. The van der Waals surface area contributed by atoms with Gasteiger partial charge in [0.15, 0.2) is 0 Å². The molecule has 1 heterocycles. The van der Waals surface area contributed by atoms with Crippen LogP contribution in [0, 0.1) is 6.92 Å². The zero-order valence-electron chi connectivity index (χ0n) is 13.0. The van der Waals surface area contributed by atoms with E-state index in [-0.39, 0.29) is 0 Å².